The molecule has 1 aromatic carbocycles. The predicted molar refractivity (Wildman–Crippen MR) is 160 cm³/mol. The number of nitrogens with one attached hydrogen (secondary N) is 1. The third-order valence-electron chi connectivity index (χ3n) is 9.05. The van der Waals surface area contributed by atoms with Gasteiger partial charge in [0.2, 0.25) is 5.91 Å². The van der Waals surface area contributed by atoms with Crippen molar-refractivity contribution in [3.63, 3.8) is 0 Å². The molecule has 0 aromatic heterocycles. The summed E-state index contributed by atoms with van der Waals surface area (Å²) in [7, 11) is 3.27. The molecule has 230 valence electrons. The van der Waals surface area contributed by atoms with Gasteiger partial charge in [-0.15, -0.1) is 0 Å². The quantitative estimate of drug-likeness (QED) is 0.309. The summed E-state index contributed by atoms with van der Waals surface area (Å²) < 4.78 is 16.5. The second kappa shape index (κ2) is 15.2. The minimum Gasteiger partial charge on any atom is -0.493 e. The number of nitrogens with zero attached hydrogens (tertiary/aromatic N) is 2. The van der Waals surface area contributed by atoms with Crippen LogP contribution >= 0.6 is 0 Å². The third-order valence-corrected chi connectivity index (χ3v) is 9.05. The molecule has 41 heavy (non-hydrogen) atoms. The van der Waals surface area contributed by atoms with E-state index < -0.39 is 0 Å². The Morgan fingerprint density at radius 3 is 2.32 bits per heavy atom. The van der Waals surface area contributed by atoms with Crippen LogP contribution in [0.4, 0.5) is 0 Å². The third kappa shape index (κ3) is 8.82. The minimum absolute atomic E-state index is 0.0133. The van der Waals surface area contributed by atoms with Crippen LogP contribution in [0.15, 0.2) is 18.2 Å². The number of hydrogen-bond donors (Lipinski definition) is 2. The molecule has 3 aliphatic rings. The maximum absolute atomic E-state index is 13.8. The molecule has 1 heterocycles. The molecule has 0 bridgehead atoms. The summed E-state index contributed by atoms with van der Waals surface area (Å²) in [6.07, 6.45) is 7.81. The SMILES string of the molecule is COCCCOc1cc(C(=O)N(C[C@@H]2CNC[C@H]2CN(C(=O)CC2CCC(N)CC2)C2CC2)C(C)C)ccc1OC. The Balaban J connectivity index is 1.40. The van der Waals surface area contributed by atoms with Crippen LogP contribution in [0.1, 0.15) is 75.6 Å². The summed E-state index contributed by atoms with van der Waals surface area (Å²) in [4.78, 5) is 31.4. The Hall–Kier alpha value is -2.36. The number of ether oxygens (including phenoxy) is 3. The van der Waals surface area contributed by atoms with E-state index in [0.717, 1.165) is 64.6 Å². The van der Waals surface area contributed by atoms with Gasteiger partial charge in [-0.2, -0.15) is 0 Å². The summed E-state index contributed by atoms with van der Waals surface area (Å²) in [5, 5.41) is 3.56. The zero-order valence-electron chi connectivity index (χ0n) is 25.6. The number of carbonyl (C=O) groups is 2. The first kappa shape index (κ1) is 31.6. The molecule has 1 aliphatic heterocycles. The highest BCUT2D eigenvalue weighted by molar-refractivity contribution is 5.95. The van der Waals surface area contributed by atoms with Crippen LogP contribution in [-0.2, 0) is 9.53 Å². The molecule has 1 saturated heterocycles. The van der Waals surface area contributed by atoms with Crippen LogP contribution < -0.4 is 20.5 Å². The number of rotatable bonds is 15. The fourth-order valence-electron chi connectivity index (χ4n) is 6.32. The Bertz CT molecular complexity index is 992. The largest absolute Gasteiger partial charge is 0.493 e. The maximum Gasteiger partial charge on any atom is 0.254 e. The molecule has 4 rings (SSSR count). The van der Waals surface area contributed by atoms with Gasteiger partial charge in [0.15, 0.2) is 11.5 Å². The van der Waals surface area contributed by atoms with Gasteiger partial charge in [0.05, 0.1) is 13.7 Å². The van der Waals surface area contributed by atoms with E-state index in [0.29, 0.717) is 73.1 Å². The Morgan fingerprint density at radius 2 is 1.68 bits per heavy atom. The molecule has 2 saturated carbocycles. The van der Waals surface area contributed by atoms with Crippen molar-refractivity contribution < 1.29 is 23.8 Å². The van der Waals surface area contributed by atoms with Gasteiger partial charge in [0, 0.05) is 76.4 Å². The molecule has 0 spiro atoms. The molecule has 9 heteroatoms. The van der Waals surface area contributed by atoms with Gasteiger partial charge < -0.3 is 35.1 Å². The van der Waals surface area contributed by atoms with Gasteiger partial charge >= 0.3 is 0 Å². The smallest absolute Gasteiger partial charge is 0.254 e. The fraction of sp³-hybridized carbons (Fsp3) is 0.750. The van der Waals surface area contributed by atoms with E-state index >= 15 is 0 Å². The van der Waals surface area contributed by atoms with E-state index in [2.05, 4.69) is 24.1 Å². The van der Waals surface area contributed by atoms with Crippen molar-refractivity contribution >= 4 is 11.8 Å². The first-order chi connectivity index (χ1) is 19.8. The number of benzene rings is 1. The maximum atomic E-state index is 13.8. The molecule has 0 unspecified atom stereocenters. The predicted octanol–water partition coefficient (Wildman–Crippen LogP) is 3.70. The molecular formula is C32H52N4O5. The highest BCUT2D eigenvalue weighted by atomic mass is 16.5. The van der Waals surface area contributed by atoms with Crippen molar-refractivity contribution in [3.05, 3.63) is 23.8 Å². The van der Waals surface area contributed by atoms with E-state index in [1.165, 1.54) is 0 Å². The number of methoxy groups -OCH3 is 2. The van der Waals surface area contributed by atoms with E-state index in [1.54, 1.807) is 26.4 Å². The van der Waals surface area contributed by atoms with Gasteiger partial charge in [0.25, 0.3) is 5.91 Å². The van der Waals surface area contributed by atoms with Crippen molar-refractivity contribution in [3.8, 4) is 11.5 Å². The Labute approximate surface area is 246 Å². The molecule has 0 radical (unpaired) electrons. The number of nitrogens with two attached hydrogens (primary N) is 1. The summed E-state index contributed by atoms with van der Waals surface area (Å²) in [6.45, 7) is 8.38. The monoisotopic (exact) mass is 572 g/mol. The minimum atomic E-state index is -0.0133. The lowest BCUT2D eigenvalue weighted by molar-refractivity contribution is -0.133. The normalized spacial score (nSPS) is 24.3. The lowest BCUT2D eigenvalue weighted by atomic mass is 9.84. The molecule has 3 fully saturated rings. The Morgan fingerprint density at radius 1 is 0.976 bits per heavy atom. The van der Waals surface area contributed by atoms with Gasteiger partial charge in [-0.1, -0.05) is 0 Å². The molecule has 2 aliphatic carbocycles. The lowest BCUT2D eigenvalue weighted by Crippen LogP contribution is -2.45. The molecule has 2 amide bonds. The van der Waals surface area contributed by atoms with Gasteiger partial charge in [0.1, 0.15) is 0 Å². The summed E-state index contributed by atoms with van der Waals surface area (Å²) in [6, 6.07) is 6.13. The first-order valence-electron chi connectivity index (χ1n) is 15.7. The van der Waals surface area contributed by atoms with Crippen molar-refractivity contribution in [1.29, 1.82) is 0 Å². The second-order valence-electron chi connectivity index (χ2n) is 12.6. The van der Waals surface area contributed by atoms with Crippen LogP contribution in [0.5, 0.6) is 11.5 Å². The van der Waals surface area contributed by atoms with Crippen LogP contribution in [-0.4, -0.2) is 93.4 Å². The van der Waals surface area contributed by atoms with Crippen LogP contribution in [0.2, 0.25) is 0 Å². The zero-order chi connectivity index (χ0) is 29.4. The zero-order valence-corrected chi connectivity index (χ0v) is 25.6. The van der Waals surface area contributed by atoms with Crippen molar-refractivity contribution in [2.24, 2.45) is 23.5 Å². The van der Waals surface area contributed by atoms with Crippen molar-refractivity contribution in [2.45, 2.75) is 83.3 Å². The molecule has 9 nitrogen and oxygen atoms in total. The van der Waals surface area contributed by atoms with E-state index in [1.807, 2.05) is 11.0 Å². The average Bonchev–Trinajstić information content (AvgIpc) is 3.71. The van der Waals surface area contributed by atoms with E-state index in [-0.39, 0.29) is 17.9 Å². The van der Waals surface area contributed by atoms with Crippen LogP contribution in [0.25, 0.3) is 0 Å². The molecule has 1 aromatic rings. The highest BCUT2D eigenvalue weighted by Gasteiger charge is 2.39. The lowest BCUT2D eigenvalue weighted by Gasteiger charge is -2.34. The van der Waals surface area contributed by atoms with Crippen LogP contribution in [0, 0.1) is 17.8 Å². The number of carbonyl (C=O) groups excluding carboxylic acids is 2. The average molecular weight is 573 g/mol. The van der Waals surface area contributed by atoms with Gasteiger partial charge in [-0.05, 0) is 88.3 Å². The summed E-state index contributed by atoms with van der Waals surface area (Å²) >= 11 is 0. The highest BCUT2D eigenvalue weighted by Crippen LogP contribution is 2.34. The standard InChI is InChI=1S/C32H52N4O5/c1-22(2)35(32(38)24-8-13-29(40-4)30(17-24)41-15-5-14-39-3)20-25-18-34-19-26(25)21-36(28-11-12-28)31(37)16-23-6-9-27(33)10-7-23/h8,13,17,22-23,25-28,34H,5-7,9-12,14-16,18-21,33H2,1-4H3/t23?,25-,26-,27?/m0/s1. The summed E-state index contributed by atoms with van der Waals surface area (Å²) in [5.41, 5.74) is 6.68. The van der Waals surface area contributed by atoms with Crippen molar-refractivity contribution in [1.82, 2.24) is 15.1 Å². The first-order valence-corrected chi connectivity index (χ1v) is 15.7. The topological polar surface area (TPSA) is 106 Å². The Kier molecular flexibility index (Phi) is 11.7. The van der Waals surface area contributed by atoms with Crippen LogP contribution in [0.3, 0.4) is 0 Å². The van der Waals surface area contributed by atoms with Gasteiger partial charge in [-0.25, -0.2) is 0 Å². The summed E-state index contributed by atoms with van der Waals surface area (Å²) in [5.74, 6) is 2.55. The molecule has 2 atom stereocenters. The van der Waals surface area contributed by atoms with Gasteiger partial charge in [-0.3, -0.25) is 9.59 Å². The van der Waals surface area contributed by atoms with E-state index in [4.69, 9.17) is 19.9 Å². The second-order valence-corrected chi connectivity index (χ2v) is 12.6. The number of amides is 2. The van der Waals surface area contributed by atoms with E-state index in [9.17, 15) is 9.59 Å². The number of hydrogen-bond acceptors (Lipinski definition) is 7. The molecule has 3 N–H and O–H groups in total. The fourth-order valence-corrected chi connectivity index (χ4v) is 6.32. The molecular weight excluding hydrogens is 520 g/mol. The van der Waals surface area contributed by atoms with Crippen molar-refractivity contribution in [2.75, 3.05) is 53.6 Å².